The molecule has 0 unspecified atom stereocenters. The summed E-state index contributed by atoms with van der Waals surface area (Å²) in [4.78, 5) is 12.3. The normalized spacial score (nSPS) is 21.4. The SMILES string of the molecule is CC(C)(C)S(=O)(=O)N[C@H]1CC[C@H](C(=O)Nc2ccc(F)c(C(F)(F)F)c2)CC1. The Morgan fingerprint density at radius 2 is 1.64 bits per heavy atom. The van der Waals surface area contributed by atoms with Crippen molar-refractivity contribution in [1.82, 2.24) is 4.72 Å². The minimum absolute atomic E-state index is 0.130. The molecule has 1 amide bonds. The van der Waals surface area contributed by atoms with Crippen LogP contribution in [0.2, 0.25) is 0 Å². The van der Waals surface area contributed by atoms with Crippen LogP contribution in [0.5, 0.6) is 0 Å². The molecule has 1 aromatic carbocycles. The van der Waals surface area contributed by atoms with Gasteiger partial charge in [-0.15, -0.1) is 0 Å². The molecule has 0 spiro atoms. The van der Waals surface area contributed by atoms with Crippen molar-refractivity contribution in [3.8, 4) is 0 Å². The summed E-state index contributed by atoms with van der Waals surface area (Å²) in [5, 5.41) is 2.39. The average Bonchev–Trinajstić information content (AvgIpc) is 2.54. The molecule has 0 atom stereocenters. The second-order valence-corrected chi connectivity index (χ2v) is 10.4. The van der Waals surface area contributed by atoms with Gasteiger partial charge in [-0.2, -0.15) is 13.2 Å². The van der Waals surface area contributed by atoms with E-state index >= 15 is 0 Å². The zero-order valence-corrected chi connectivity index (χ0v) is 16.7. The van der Waals surface area contributed by atoms with Crippen molar-refractivity contribution in [2.75, 3.05) is 5.32 Å². The number of hydrogen-bond acceptors (Lipinski definition) is 3. The third-order valence-electron chi connectivity index (χ3n) is 4.77. The minimum atomic E-state index is -4.85. The summed E-state index contributed by atoms with van der Waals surface area (Å²) < 4.78 is 77.8. The number of alkyl halides is 3. The molecule has 1 aliphatic rings. The summed E-state index contributed by atoms with van der Waals surface area (Å²) in [5.41, 5.74) is -1.57. The second kappa shape index (κ2) is 7.98. The van der Waals surface area contributed by atoms with Crippen LogP contribution in [0, 0.1) is 11.7 Å². The first-order valence-electron chi connectivity index (χ1n) is 8.90. The van der Waals surface area contributed by atoms with Crippen LogP contribution in [0.4, 0.5) is 23.2 Å². The average molecular weight is 424 g/mol. The van der Waals surface area contributed by atoms with Crippen molar-refractivity contribution in [2.24, 2.45) is 5.92 Å². The molecule has 0 radical (unpaired) electrons. The monoisotopic (exact) mass is 424 g/mol. The van der Waals surface area contributed by atoms with Gasteiger partial charge in [0.2, 0.25) is 15.9 Å². The van der Waals surface area contributed by atoms with Crippen LogP contribution in [0.15, 0.2) is 18.2 Å². The second-order valence-electron chi connectivity index (χ2n) is 7.96. The van der Waals surface area contributed by atoms with Gasteiger partial charge in [0.1, 0.15) is 5.82 Å². The maximum Gasteiger partial charge on any atom is 0.419 e. The Morgan fingerprint density at radius 1 is 1.07 bits per heavy atom. The third-order valence-corrected chi connectivity index (χ3v) is 7.02. The zero-order valence-electron chi connectivity index (χ0n) is 15.9. The van der Waals surface area contributed by atoms with Crippen molar-refractivity contribution in [2.45, 2.75) is 63.4 Å². The molecule has 1 aliphatic carbocycles. The Labute approximate surface area is 161 Å². The fourth-order valence-electron chi connectivity index (χ4n) is 2.93. The van der Waals surface area contributed by atoms with Crippen LogP contribution in [0.3, 0.4) is 0 Å². The van der Waals surface area contributed by atoms with Crippen molar-refractivity contribution in [3.63, 3.8) is 0 Å². The maximum atomic E-state index is 13.3. The topological polar surface area (TPSA) is 75.3 Å². The van der Waals surface area contributed by atoms with Gasteiger partial charge in [-0.25, -0.2) is 17.5 Å². The van der Waals surface area contributed by atoms with Gasteiger partial charge >= 0.3 is 6.18 Å². The van der Waals surface area contributed by atoms with E-state index in [1.807, 2.05) is 0 Å². The molecule has 0 aliphatic heterocycles. The number of rotatable bonds is 4. The number of nitrogens with one attached hydrogen (secondary N) is 2. The molecule has 0 heterocycles. The van der Waals surface area contributed by atoms with E-state index in [0.717, 1.165) is 6.07 Å². The maximum absolute atomic E-state index is 13.3. The number of halogens is 4. The predicted octanol–water partition coefficient (Wildman–Crippen LogP) is 4.06. The fraction of sp³-hybridized carbons (Fsp3) is 0.611. The molecule has 2 rings (SSSR count). The Balaban J connectivity index is 1.96. The summed E-state index contributed by atoms with van der Waals surface area (Å²) >= 11 is 0. The molecule has 0 saturated heterocycles. The first kappa shape index (κ1) is 22.6. The lowest BCUT2D eigenvalue weighted by molar-refractivity contribution is -0.140. The number of benzene rings is 1. The van der Waals surface area contributed by atoms with Gasteiger partial charge in [-0.1, -0.05) is 0 Å². The number of carbonyl (C=O) groups is 1. The molecular formula is C18H24F4N2O3S. The van der Waals surface area contributed by atoms with E-state index in [1.54, 1.807) is 20.8 Å². The van der Waals surface area contributed by atoms with E-state index in [4.69, 9.17) is 0 Å². The first-order valence-corrected chi connectivity index (χ1v) is 10.4. The van der Waals surface area contributed by atoms with Gasteiger partial charge in [-0.05, 0) is 64.7 Å². The third kappa shape index (κ3) is 5.44. The van der Waals surface area contributed by atoms with Crippen molar-refractivity contribution < 1.29 is 30.8 Å². The highest BCUT2D eigenvalue weighted by Crippen LogP contribution is 2.33. The van der Waals surface area contributed by atoms with Crippen LogP contribution in [0.25, 0.3) is 0 Å². The quantitative estimate of drug-likeness (QED) is 0.716. The lowest BCUT2D eigenvalue weighted by Crippen LogP contribution is -2.46. The van der Waals surface area contributed by atoms with E-state index in [0.29, 0.717) is 37.8 Å². The lowest BCUT2D eigenvalue weighted by Gasteiger charge is -2.30. The predicted molar refractivity (Wildman–Crippen MR) is 97.6 cm³/mol. The minimum Gasteiger partial charge on any atom is -0.326 e. The molecule has 2 N–H and O–H groups in total. The van der Waals surface area contributed by atoms with Crippen LogP contribution in [-0.4, -0.2) is 25.1 Å². The molecule has 28 heavy (non-hydrogen) atoms. The number of amides is 1. The largest absolute Gasteiger partial charge is 0.419 e. The zero-order chi connectivity index (χ0) is 21.3. The van der Waals surface area contributed by atoms with Crippen molar-refractivity contribution >= 4 is 21.6 Å². The molecule has 10 heteroatoms. The van der Waals surface area contributed by atoms with Crippen LogP contribution in [0.1, 0.15) is 52.0 Å². The highest BCUT2D eigenvalue weighted by atomic mass is 32.2. The number of hydrogen-bond donors (Lipinski definition) is 2. The first-order chi connectivity index (χ1) is 12.7. The highest BCUT2D eigenvalue weighted by molar-refractivity contribution is 7.90. The van der Waals surface area contributed by atoms with Gasteiger partial charge in [0.15, 0.2) is 0 Å². The van der Waals surface area contributed by atoms with Crippen LogP contribution < -0.4 is 10.0 Å². The number of anilines is 1. The summed E-state index contributed by atoms with van der Waals surface area (Å²) in [6.45, 7) is 4.77. The van der Waals surface area contributed by atoms with E-state index in [2.05, 4.69) is 10.0 Å². The summed E-state index contributed by atoms with van der Waals surface area (Å²) in [6, 6.07) is 2.02. The van der Waals surface area contributed by atoms with Crippen LogP contribution in [-0.2, 0) is 21.0 Å². The molecule has 158 valence electrons. The van der Waals surface area contributed by atoms with Crippen molar-refractivity contribution in [3.05, 3.63) is 29.6 Å². The molecular weight excluding hydrogens is 400 g/mol. The smallest absolute Gasteiger partial charge is 0.326 e. The molecule has 1 saturated carbocycles. The molecule has 0 bridgehead atoms. The Bertz CT molecular complexity index is 824. The van der Waals surface area contributed by atoms with Crippen molar-refractivity contribution in [1.29, 1.82) is 0 Å². The number of sulfonamides is 1. The Kier molecular flexibility index (Phi) is 6.44. The van der Waals surface area contributed by atoms with Gasteiger partial charge < -0.3 is 5.32 Å². The van der Waals surface area contributed by atoms with E-state index in [1.165, 1.54) is 0 Å². The molecule has 1 fully saturated rings. The summed E-state index contributed by atoms with van der Waals surface area (Å²) in [7, 11) is -3.50. The van der Waals surface area contributed by atoms with Gasteiger partial charge in [0, 0.05) is 17.6 Å². The van der Waals surface area contributed by atoms with E-state index < -0.39 is 44.2 Å². The molecule has 5 nitrogen and oxygen atoms in total. The fourth-order valence-corrected chi connectivity index (χ4v) is 3.96. The molecule has 0 aromatic heterocycles. The summed E-state index contributed by atoms with van der Waals surface area (Å²) in [5.74, 6) is -2.32. The summed E-state index contributed by atoms with van der Waals surface area (Å²) in [6.07, 6.45) is -3.16. The van der Waals surface area contributed by atoms with E-state index in [-0.39, 0.29) is 11.7 Å². The standard InChI is InChI=1S/C18H24F4N2O3S/c1-17(2,3)28(26,27)24-12-6-4-11(5-7-12)16(25)23-13-8-9-15(19)14(10-13)18(20,21)22/h8-12,24H,4-7H2,1-3H3,(H,23,25)/t11-,12-. The highest BCUT2D eigenvalue weighted by Gasteiger charge is 2.36. The van der Waals surface area contributed by atoms with Gasteiger partial charge in [0.05, 0.1) is 10.3 Å². The molecule has 1 aromatic rings. The van der Waals surface area contributed by atoms with Crippen LogP contribution >= 0.6 is 0 Å². The van der Waals surface area contributed by atoms with Gasteiger partial charge in [-0.3, -0.25) is 4.79 Å². The Hall–Kier alpha value is -1.68. The van der Waals surface area contributed by atoms with E-state index in [9.17, 15) is 30.8 Å². The van der Waals surface area contributed by atoms with Gasteiger partial charge in [0.25, 0.3) is 0 Å². The Morgan fingerprint density at radius 3 is 2.14 bits per heavy atom. The lowest BCUT2D eigenvalue weighted by atomic mass is 9.86. The number of carbonyl (C=O) groups excluding carboxylic acids is 1.